The van der Waals surface area contributed by atoms with Gasteiger partial charge in [-0.25, -0.2) is 9.59 Å². The molecule has 2 aromatic rings. The molecule has 134 valence electrons. The van der Waals surface area contributed by atoms with E-state index in [-0.39, 0.29) is 12.4 Å². The first-order valence-corrected chi connectivity index (χ1v) is 9.04. The summed E-state index contributed by atoms with van der Waals surface area (Å²) >= 11 is 1.32. The Kier molecular flexibility index (Phi) is 6.46. The number of benzene rings is 1. The Bertz CT molecular complexity index is 831. The minimum atomic E-state index is -1.10. The van der Waals surface area contributed by atoms with E-state index in [0.717, 1.165) is 10.9 Å². The first-order valence-electron chi connectivity index (χ1n) is 7.65. The Balaban J connectivity index is 2.07. The molecule has 0 fully saturated rings. The Labute approximate surface area is 148 Å². The zero-order valence-corrected chi connectivity index (χ0v) is 14.7. The topological polar surface area (TPSA) is 106 Å². The van der Waals surface area contributed by atoms with Crippen molar-refractivity contribution in [1.82, 2.24) is 5.32 Å². The van der Waals surface area contributed by atoms with Crippen LogP contribution in [0.15, 0.2) is 33.5 Å². The van der Waals surface area contributed by atoms with Crippen molar-refractivity contribution in [2.45, 2.75) is 19.4 Å². The summed E-state index contributed by atoms with van der Waals surface area (Å²) in [6, 6.07) is 5.46. The van der Waals surface area contributed by atoms with E-state index in [0.29, 0.717) is 17.8 Å². The van der Waals surface area contributed by atoms with Crippen LogP contribution in [0.5, 0.6) is 5.75 Å². The molecule has 0 saturated carbocycles. The van der Waals surface area contributed by atoms with Gasteiger partial charge in [0.25, 0.3) is 5.91 Å². The lowest BCUT2D eigenvalue weighted by molar-refractivity contribution is -0.141. The Morgan fingerprint density at radius 3 is 2.76 bits per heavy atom. The normalized spacial score (nSPS) is 11.9. The Hall–Kier alpha value is -2.48. The summed E-state index contributed by atoms with van der Waals surface area (Å²) in [6.45, 7) is 1.61. The molecule has 1 aromatic carbocycles. The zero-order valence-electron chi connectivity index (χ0n) is 13.9. The smallest absolute Gasteiger partial charge is 0.336 e. The van der Waals surface area contributed by atoms with Crippen molar-refractivity contribution in [3.63, 3.8) is 0 Å². The molecule has 0 spiro atoms. The van der Waals surface area contributed by atoms with Crippen molar-refractivity contribution in [2.24, 2.45) is 0 Å². The number of hydrogen-bond acceptors (Lipinski definition) is 6. The van der Waals surface area contributed by atoms with Gasteiger partial charge in [-0.05, 0) is 30.4 Å². The average molecular weight is 365 g/mol. The highest BCUT2D eigenvalue weighted by Crippen LogP contribution is 2.23. The molecule has 0 aliphatic carbocycles. The van der Waals surface area contributed by atoms with E-state index in [1.807, 2.05) is 6.92 Å². The van der Waals surface area contributed by atoms with Crippen LogP contribution in [0.2, 0.25) is 0 Å². The molecule has 1 heterocycles. The van der Waals surface area contributed by atoms with E-state index in [1.165, 1.54) is 17.8 Å². The molecule has 0 aliphatic rings. The van der Waals surface area contributed by atoms with E-state index in [4.69, 9.17) is 14.3 Å². The number of carbonyl (C=O) groups excluding carboxylic acids is 1. The third-order valence-corrected chi connectivity index (χ3v) is 4.19. The molecule has 0 unspecified atom stereocenters. The number of carboxylic acid groups (broad SMARTS) is 1. The third-order valence-electron chi connectivity index (χ3n) is 3.52. The van der Waals surface area contributed by atoms with Crippen LogP contribution in [0.4, 0.5) is 0 Å². The number of thioether (sulfide) groups is 1. The number of fused-ring (bicyclic) bond motifs is 1. The zero-order chi connectivity index (χ0) is 18.4. The SMILES string of the molecule is CCc1cc(=O)oc2cc(OCC(=O)N[C@@H](CSC)C(=O)O)ccc12. The number of carbonyl (C=O) groups is 2. The van der Waals surface area contributed by atoms with Gasteiger partial charge in [-0.1, -0.05) is 6.92 Å². The Morgan fingerprint density at radius 1 is 1.36 bits per heavy atom. The van der Waals surface area contributed by atoms with Gasteiger partial charge in [-0.2, -0.15) is 11.8 Å². The lowest BCUT2D eigenvalue weighted by atomic mass is 10.1. The minimum Gasteiger partial charge on any atom is -0.484 e. The predicted octanol–water partition coefficient (Wildman–Crippen LogP) is 1.67. The molecular weight excluding hydrogens is 346 g/mol. The molecule has 7 nitrogen and oxygen atoms in total. The highest BCUT2D eigenvalue weighted by molar-refractivity contribution is 7.98. The maximum atomic E-state index is 11.8. The summed E-state index contributed by atoms with van der Waals surface area (Å²) in [7, 11) is 0. The van der Waals surface area contributed by atoms with Gasteiger partial charge in [-0.15, -0.1) is 0 Å². The molecule has 2 rings (SSSR count). The lowest BCUT2D eigenvalue weighted by Crippen LogP contribution is -2.44. The number of ether oxygens (including phenoxy) is 1. The highest BCUT2D eigenvalue weighted by Gasteiger charge is 2.19. The van der Waals surface area contributed by atoms with Crippen molar-refractivity contribution in [2.75, 3.05) is 18.6 Å². The predicted molar refractivity (Wildman–Crippen MR) is 95.3 cm³/mol. The summed E-state index contributed by atoms with van der Waals surface area (Å²) in [6.07, 6.45) is 2.45. The van der Waals surface area contributed by atoms with Crippen LogP contribution in [-0.4, -0.2) is 41.6 Å². The van der Waals surface area contributed by atoms with Gasteiger partial charge in [0.15, 0.2) is 6.61 Å². The van der Waals surface area contributed by atoms with Crippen molar-refractivity contribution in [1.29, 1.82) is 0 Å². The fourth-order valence-corrected chi connectivity index (χ4v) is 2.88. The van der Waals surface area contributed by atoms with Crippen molar-refractivity contribution < 1.29 is 23.8 Å². The first kappa shape index (κ1) is 18.9. The van der Waals surface area contributed by atoms with Crippen LogP contribution in [0.3, 0.4) is 0 Å². The quantitative estimate of drug-likeness (QED) is 0.685. The number of carboxylic acids is 1. The second kappa shape index (κ2) is 8.57. The van der Waals surface area contributed by atoms with Crippen LogP contribution in [0, 0.1) is 0 Å². The van der Waals surface area contributed by atoms with Gasteiger partial charge in [0.1, 0.15) is 17.4 Å². The molecule has 8 heteroatoms. The van der Waals surface area contributed by atoms with Crippen LogP contribution in [-0.2, 0) is 16.0 Å². The van der Waals surface area contributed by atoms with Gasteiger partial charge in [0, 0.05) is 23.3 Å². The molecule has 25 heavy (non-hydrogen) atoms. The first-order chi connectivity index (χ1) is 11.9. The fraction of sp³-hybridized carbons (Fsp3) is 0.353. The van der Waals surface area contributed by atoms with Crippen LogP contribution in [0.25, 0.3) is 11.0 Å². The maximum absolute atomic E-state index is 11.8. The summed E-state index contributed by atoms with van der Waals surface area (Å²) in [5, 5.41) is 12.2. The van der Waals surface area contributed by atoms with Gasteiger partial charge in [-0.3, -0.25) is 4.79 Å². The molecule has 1 aromatic heterocycles. The van der Waals surface area contributed by atoms with Crippen molar-refractivity contribution >= 4 is 34.6 Å². The third kappa shape index (κ3) is 4.99. The fourth-order valence-electron chi connectivity index (χ4n) is 2.32. The van der Waals surface area contributed by atoms with Gasteiger partial charge < -0.3 is 19.6 Å². The van der Waals surface area contributed by atoms with Crippen LogP contribution < -0.4 is 15.7 Å². The van der Waals surface area contributed by atoms with Crippen LogP contribution in [0.1, 0.15) is 12.5 Å². The highest BCUT2D eigenvalue weighted by atomic mass is 32.2. The molecule has 1 amide bonds. The van der Waals surface area contributed by atoms with Crippen LogP contribution >= 0.6 is 11.8 Å². The van der Waals surface area contributed by atoms with Crippen molar-refractivity contribution in [3.8, 4) is 5.75 Å². The summed E-state index contributed by atoms with van der Waals surface area (Å²) < 4.78 is 10.5. The largest absolute Gasteiger partial charge is 0.484 e. The number of amides is 1. The van der Waals surface area contributed by atoms with E-state index in [1.54, 1.807) is 24.5 Å². The summed E-state index contributed by atoms with van der Waals surface area (Å²) in [5.41, 5.74) is 0.811. The number of nitrogens with one attached hydrogen (secondary N) is 1. The number of hydrogen-bond donors (Lipinski definition) is 2. The lowest BCUT2D eigenvalue weighted by Gasteiger charge is -2.13. The number of aliphatic carboxylic acids is 1. The molecule has 1 atom stereocenters. The average Bonchev–Trinajstić information content (AvgIpc) is 2.58. The molecule has 0 radical (unpaired) electrons. The molecule has 0 aliphatic heterocycles. The molecule has 2 N–H and O–H groups in total. The monoisotopic (exact) mass is 365 g/mol. The second-order valence-electron chi connectivity index (χ2n) is 5.30. The van der Waals surface area contributed by atoms with Gasteiger partial charge in [0.05, 0.1) is 0 Å². The van der Waals surface area contributed by atoms with E-state index < -0.39 is 23.5 Å². The maximum Gasteiger partial charge on any atom is 0.336 e. The molecule has 0 saturated heterocycles. The summed E-state index contributed by atoms with van der Waals surface area (Å²) in [5.74, 6) is -1.01. The van der Waals surface area contributed by atoms with Gasteiger partial charge >= 0.3 is 11.6 Å². The Morgan fingerprint density at radius 2 is 2.12 bits per heavy atom. The minimum absolute atomic E-state index is 0.266. The standard InChI is InChI=1S/C17H19NO6S/c1-3-10-6-16(20)24-14-7-11(4-5-12(10)14)23-8-15(19)18-13(9-25-2)17(21)22/h4-7,13H,3,8-9H2,1-2H3,(H,18,19)(H,21,22)/t13-/m0/s1. The summed E-state index contributed by atoms with van der Waals surface area (Å²) in [4.78, 5) is 34.4. The van der Waals surface area contributed by atoms with Crippen molar-refractivity contribution in [3.05, 3.63) is 40.2 Å². The molecular formula is C17H19NO6S. The van der Waals surface area contributed by atoms with E-state index >= 15 is 0 Å². The molecule has 0 bridgehead atoms. The van der Waals surface area contributed by atoms with E-state index in [2.05, 4.69) is 5.32 Å². The van der Waals surface area contributed by atoms with Gasteiger partial charge in [0.2, 0.25) is 0 Å². The number of rotatable bonds is 8. The van der Waals surface area contributed by atoms with E-state index in [9.17, 15) is 14.4 Å². The second-order valence-corrected chi connectivity index (χ2v) is 6.22. The number of aryl methyl sites for hydroxylation is 1.